The molecular weight excluding hydrogens is 190 g/mol. The summed E-state index contributed by atoms with van der Waals surface area (Å²) < 4.78 is 11.0. The van der Waals surface area contributed by atoms with Gasteiger partial charge in [-0.25, -0.2) is 0 Å². The van der Waals surface area contributed by atoms with Crippen LogP contribution in [0.25, 0.3) is 10.9 Å². The lowest BCUT2D eigenvalue weighted by molar-refractivity contribution is -0.0430. The maximum atomic E-state index is 5.50. The van der Waals surface area contributed by atoms with Crippen molar-refractivity contribution in [3.8, 4) is 0 Å². The highest BCUT2D eigenvalue weighted by molar-refractivity contribution is 5.82. The third-order valence-corrected chi connectivity index (χ3v) is 2.56. The van der Waals surface area contributed by atoms with Crippen LogP contribution >= 0.6 is 0 Å². The fraction of sp³-hybridized carbons (Fsp3) is 0.250. The number of aromatic nitrogens is 1. The molecule has 2 heterocycles. The van der Waals surface area contributed by atoms with Gasteiger partial charge in [0, 0.05) is 17.1 Å². The maximum Gasteiger partial charge on any atom is 0.184 e. The van der Waals surface area contributed by atoms with Gasteiger partial charge in [-0.15, -0.1) is 0 Å². The van der Waals surface area contributed by atoms with Crippen LogP contribution in [0.4, 0.5) is 0 Å². The molecule has 0 unspecified atom stereocenters. The molecule has 0 saturated carbocycles. The Balaban J connectivity index is 2.16. The van der Waals surface area contributed by atoms with Gasteiger partial charge in [0.1, 0.15) is 0 Å². The van der Waals surface area contributed by atoms with Gasteiger partial charge in [-0.05, 0) is 12.1 Å². The molecule has 0 radical (unpaired) electrons. The van der Waals surface area contributed by atoms with Crippen molar-refractivity contribution in [1.29, 1.82) is 0 Å². The van der Waals surface area contributed by atoms with Crippen molar-refractivity contribution in [1.82, 2.24) is 4.98 Å². The Hall–Kier alpha value is -1.45. The van der Waals surface area contributed by atoms with Gasteiger partial charge in [-0.2, -0.15) is 0 Å². The molecule has 0 atom stereocenters. The van der Waals surface area contributed by atoms with Crippen molar-refractivity contribution in [3.05, 3.63) is 42.1 Å². The summed E-state index contributed by atoms with van der Waals surface area (Å²) in [5.74, 6) is 0. The largest absolute Gasteiger partial charge is 0.346 e. The summed E-state index contributed by atoms with van der Waals surface area (Å²) in [5, 5.41) is 1.10. The second kappa shape index (κ2) is 3.61. The summed E-state index contributed by atoms with van der Waals surface area (Å²) >= 11 is 0. The molecule has 2 aromatic rings. The van der Waals surface area contributed by atoms with Crippen LogP contribution in [0.2, 0.25) is 0 Å². The Morgan fingerprint density at radius 1 is 1.07 bits per heavy atom. The highest BCUT2D eigenvalue weighted by Crippen LogP contribution is 2.28. The fourth-order valence-electron chi connectivity index (χ4n) is 1.87. The number of hydrogen-bond acceptors (Lipinski definition) is 3. The molecule has 1 aliphatic rings. The minimum atomic E-state index is -0.224. The van der Waals surface area contributed by atoms with Gasteiger partial charge in [-0.1, -0.05) is 18.2 Å². The molecule has 0 N–H and O–H groups in total. The van der Waals surface area contributed by atoms with Crippen molar-refractivity contribution in [3.63, 3.8) is 0 Å². The molecule has 0 spiro atoms. The molecule has 1 aromatic carbocycles. The predicted octanol–water partition coefficient (Wildman–Crippen LogP) is 2.28. The van der Waals surface area contributed by atoms with Crippen molar-refractivity contribution >= 4 is 10.9 Å². The van der Waals surface area contributed by atoms with Crippen LogP contribution < -0.4 is 0 Å². The summed E-state index contributed by atoms with van der Waals surface area (Å²) in [7, 11) is 0. The van der Waals surface area contributed by atoms with Crippen LogP contribution in [-0.4, -0.2) is 18.2 Å². The monoisotopic (exact) mass is 201 g/mol. The topological polar surface area (TPSA) is 31.4 Å². The Bertz CT molecular complexity index is 473. The predicted molar refractivity (Wildman–Crippen MR) is 56.4 cm³/mol. The number of pyridine rings is 1. The zero-order valence-electron chi connectivity index (χ0n) is 8.22. The van der Waals surface area contributed by atoms with E-state index in [1.807, 2.05) is 30.3 Å². The van der Waals surface area contributed by atoms with Crippen LogP contribution in [0.1, 0.15) is 11.9 Å². The molecule has 0 amide bonds. The molecule has 1 saturated heterocycles. The summed E-state index contributed by atoms with van der Waals surface area (Å²) in [5.41, 5.74) is 2.05. The first-order valence-corrected chi connectivity index (χ1v) is 5.02. The second-order valence-electron chi connectivity index (χ2n) is 3.49. The smallest absolute Gasteiger partial charge is 0.184 e. The fourth-order valence-corrected chi connectivity index (χ4v) is 1.87. The number of fused-ring (bicyclic) bond motifs is 1. The first kappa shape index (κ1) is 8.83. The zero-order valence-corrected chi connectivity index (χ0v) is 8.22. The summed E-state index contributed by atoms with van der Waals surface area (Å²) in [6.45, 7) is 1.34. The average Bonchev–Trinajstić information content (AvgIpc) is 2.82. The van der Waals surface area contributed by atoms with Crippen molar-refractivity contribution in [2.75, 3.05) is 13.2 Å². The Kier molecular flexibility index (Phi) is 2.12. The van der Waals surface area contributed by atoms with Crippen molar-refractivity contribution in [2.45, 2.75) is 6.29 Å². The molecule has 0 aliphatic carbocycles. The van der Waals surface area contributed by atoms with Crippen molar-refractivity contribution in [2.24, 2.45) is 0 Å². The average molecular weight is 201 g/mol. The van der Waals surface area contributed by atoms with E-state index in [-0.39, 0.29) is 6.29 Å². The van der Waals surface area contributed by atoms with Gasteiger partial charge in [0.25, 0.3) is 0 Å². The van der Waals surface area contributed by atoms with E-state index in [0.717, 1.165) is 16.5 Å². The molecule has 1 aromatic heterocycles. The van der Waals surface area contributed by atoms with E-state index in [9.17, 15) is 0 Å². The Morgan fingerprint density at radius 2 is 1.93 bits per heavy atom. The molecular formula is C12H11NO2. The van der Waals surface area contributed by atoms with Crippen LogP contribution in [0.3, 0.4) is 0 Å². The standard InChI is InChI=1S/C12H11NO2/c1-3-10(12-14-7-8-15-12)9-4-2-6-13-11(9)5-1/h1-6,12H,7-8H2. The lowest BCUT2D eigenvalue weighted by atomic mass is 10.1. The van der Waals surface area contributed by atoms with Crippen LogP contribution in [0, 0.1) is 0 Å². The van der Waals surface area contributed by atoms with Crippen LogP contribution in [-0.2, 0) is 9.47 Å². The summed E-state index contributed by atoms with van der Waals surface area (Å²) in [6.07, 6.45) is 1.57. The SMILES string of the molecule is c1cc(C2OCCO2)c2cccnc2c1. The molecule has 1 aliphatic heterocycles. The minimum Gasteiger partial charge on any atom is -0.346 e. The quantitative estimate of drug-likeness (QED) is 0.709. The molecule has 3 nitrogen and oxygen atoms in total. The minimum absolute atomic E-state index is 0.224. The Labute approximate surface area is 87.6 Å². The van der Waals surface area contributed by atoms with Crippen LogP contribution in [0.5, 0.6) is 0 Å². The summed E-state index contributed by atoms with van der Waals surface area (Å²) in [4.78, 5) is 4.30. The van der Waals surface area contributed by atoms with E-state index in [4.69, 9.17) is 9.47 Å². The lowest BCUT2D eigenvalue weighted by Gasteiger charge is -2.11. The number of ether oxygens (including phenoxy) is 2. The molecule has 0 bridgehead atoms. The first-order valence-electron chi connectivity index (χ1n) is 5.02. The second-order valence-corrected chi connectivity index (χ2v) is 3.49. The van der Waals surface area contributed by atoms with E-state index in [2.05, 4.69) is 4.98 Å². The van der Waals surface area contributed by atoms with E-state index < -0.39 is 0 Å². The van der Waals surface area contributed by atoms with Crippen molar-refractivity contribution < 1.29 is 9.47 Å². The first-order chi connectivity index (χ1) is 7.45. The molecule has 76 valence electrons. The highest BCUT2D eigenvalue weighted by atomic mass is 16.7. The van der Waals surface area contributed by atoms with Gasteiger partial charge >= 0.3 is 0 Å². The number of nitrogens with zero attached hydrogens (tertiary/aromatic N) is 1. The van der Waals surface area contributed by atoms with E-state index in [0.29, 0.717) is 13.2 Å². The summed E-state index contributed by atoms with van der Waals surface area (Å²) in [6, 6.07) is 9.98. The van der Waals surface area contributed by atoms with E-state index in [1.54, 1.807) is 6.20 Å². The number of benzene rings is 1. The molecule has 15 heavy (non-hydrogen) atoms. The van der Waals surface area contributed by atoms with Gasteiger partial charge in [0.15, 0.2) is 6.29 Å². The van der Waals surface area contributed by atoms with Gasteiger partial charge < -0.3 is 9.47 Å². The molecule has 1 fully saturated rings. The van der Waals surface area contributed by atoms with Gasteiger partial charge in [0.05, 0.1) is 18.7 Å². The van der Waals surface area contributed by atoms with E-state index >= 15 is 0 Å². The third-order valence-electron chi connectivity index (χ3n) is 2.56. The van der Waals surface area contributed by atoms with E-state index in [1.165, 1.54) is 0 Å². The Morgan fingerprint density at radius 3 is 2.80 bits per heavy atom. The third kappa shape index (κ3) is 1.50. The van der Waals surface area contributed by atoms with Gasteiger partial charge in [0.2, 0.25) is 0 Å². The normalized spacial score (nSPS) is 17.3. The molecule has 3 rings (SSSR count). The highest BCUT2D eigenvalue weighted by Gasteiger charge is 2.20. The molecule has 3 heteroatoms. The van der Waals surface area contributed by atoms with Gasteiger partial charge in [-0.3, -0.25) is 4.98 Å². The maximum absolute atomic E-state index is 5.50. The number of rotatable bonds is 1. The lowest BCUT2D eigenvalue weighted by Crippen LogP contribution is -1.99. The number of hydrogen-bond donors (Lipinski definition) is 0. The zero-order chi connectivity index (χ0) is 10.1. The van der Waals surface area contributed by atoms with Crippen LogP contribution in [0.15, 0.2) is 36.5 Å².